The lowest BCUT2D eigenvalue weighted by Crippen LogP contribution is -2.56. The number of hydrogen-bond acceptors (Lipinski definition) is 2. The Morgan fingerprint density at radius 2 is 1.71 bits per heavy atom. The molecule has 2 nitrogen and oxygen atoms in total. The van der Waals surface area contributed by atoms with Crippen LogP contribution in [-0.4, -0.2) is 35.6 Å². The van der Waals surface area contributed by atoms with Crippen LogP contribution in [0.25, 0.3) is 0 Å². The lowest BCUT2D eigenvalue weighted by atomic mass is 9.78. The standard InChI is InChI=1S/C15H30N2/c1-14(2,3)13-12-11(8-7-9-16-12)10-17(13)15(4,5)6/h11-13,16H,7-10H2,1-6H3. The molecule has 0 bridgehead atoms. The van der Waals surface area contributed by atoms with Gasteiger partial charge in [0.1, 0.15) is 0 Å². The molecule has 2 fully saturated rings. The van der Waals surface area contributed by atoms with Crippen LogP contribution < -0.4 is 5.32 Å². The molecule has 3 atom stereocenters. The third kappa shape index (κ3) is 2.53. The highest BCUT2D eigenvalue weighted by Crippen LogP contribution is 2.42. The van der Waals surface area contributed by atoms with E-state index in [9.17, 15) is 0 Å². The summed E-state index contributed by atoms with van der Waals surface area (Å²) >= 11 is 0. The Kier molecular flexibility index (Phi) is 3.33. The Hall–Kier alpha value is -0.0800. The summed E-state index contributed by atoms with van der Waals surface area (Å²) in [6.07, 6.45) is 2.77. The zero-order chi connectivity index (χ0) is 12.8. The summed E-state index contributed by atoms with van der Waals surface area (Å²) in [6.45, 7) is 16.8. The molecule has 17 heavy (non-hydrogen) atoms. The Labute approximate surface area is 107 Å². The van der Waals surface area contributed by atoms with Crippen molar-refractivity contribution in [3.8, 4) is 0 Å². The van der Waals surface area contributed by atoms with Crippen LogP contribution in [-0.2, 0) is 0 Å². The minimum absolute atomic E-state index is 0.289. The van der Waals surface area contributed by atoms with Gasteiger partial charge >= 0.3 is 0 Å². The maximum atomic E-state index is 3.80. The second-order valence-corrected chi connectivity index (χ2v) is 8.02. The summed E-state index contributed by atoms with van der Waals surface area (Å²) in [5.74, 6) is 0.868. The van der Waals surface area contributed by atoms with E-state index in [0.717, 1.165) is 5.92 Å². The second kappa shape index (κ2) is 4.24. The first-order valence-electron chi connectivity index (χ1n) is 7.21. The molecule has 0 aliphatic carbocycles. The Bertz CT molecular complexity index is 272. The normalized spacial score (nSPS) is 36.0. The molecular formula is C15H30N2. The molecular weight excluding hydrogens is 208 g/mol. The fraction of sp³-hybridized carbons (Fsp3) is 1.00. The first-order valence-corrected chi connectivity index (χ1v) is 7.21. The van der Waals surface area contributed by atoms with Crippen LogP contribution in [0.5, 0.6) is 0 Å². The lowest BCUT2D eigenvalue weighted by molar-refractivity contribution is 0.0470. The van der Waals surface area contributed by atoms with Crippen LogP contribution in [0.4, 0.5) is 0 Å². The van der Waals surface area contributed by atoms with Crippen LogP contribution >= 0.6 is 0 Å². The van der Waals surface area contributed by atoms with Crippen LogP contribution in [0, 0.1) is 11.3 Å². The molecule has 2 rings (SSSR count). The van der Waals surface area contributed by atoms with Crippen molar-refractivity contribution >= 4 is 0 Å². The molecule has 100 valence electrons. The molecule has 0 aromatic carbocycles. The summed E-state index contributed by atoms with van der Waals surface area (Å²) in [6, 6.07) is 1.38. The molecule has 2 heteroatoms. The van der Waals surface area contributed by atoms with Gasteiger partial charge in [0, 0.05) is 24.2 Å². The van der Waals surface area contributed by atoms with Crippen molar-refractivity contribution in [3.05, 3.63) is 0 Å². The maximum Gasteiger partial charge on any atom is 0.0306 e. The first-order chi connectivity index (χ1) is 7.71. The largest absolute Gasteiger partial charge is 0.312 e. The van der Waals surface area contributed by atoms with Crippen LogP contribution in [0.1, 0.15) is 54.4 Å². The van der Waals surface area contributed by atoms with Crippen molar-refractivity contribution in [1.29, 1.82) is 0 Å². The molecule has 2 aliphatic heterocycles. The molecule has 0 saturated carbocycles. The van der Waals surface area contributed by atoms with Gasteiger partial charge in [-0.3, -0.25) is 4.90 Å². The second-order valence-electron chi connectivity index (χ2n) is 8.02. The summed E-state index contributed by atoms with van der Waals surface area (Å²) in [5, 5.41) is 3.80. The van der Waals surface area contributed by atoms with Gasteiger partial charge in [-0.1, -0.05) is 20.8 Å². The number of hydrogen-bond donors (Lipinski definition) is 1. The highest BCUT2D eigenvalue weighted by molar-refractivity contribution is 5.07. The first kappa shape index (κ1) is 13.4. The topological polar surface area (TPSA) is 15.3 Å². The summed E-state index contributed by atoms with van der Waals surface area (Å²) < 4.78 is 0. The number of fused-ring (bicyclic) bond motifs is 1. The fourth-order valence-electron chi connectivity index (χ4n) is 3.81. The number of piperidine rings is 1. The zero-order valence-electron chi connectivity index (χ0n) is 12.5. The Balaban J connectivity index is 2.27. The molecule has 0 radical (unpaired) electrons. The predicted molar refractivity (Wildman–Crippen MR) is 74.2 cm³/mol. The van der Waals surface area contributed by atoms with Crippen molar-refractivity contribution in [2.75, 3.05) is 13.1 Å². The quantitative estimate of drug-likeness (QED) is 0.698. The van der Waals surface area contributed by atoms with Gasteiger partial charge in [-0.25, -0.2) is 0 Å². The maximum absolute atomic E-state index is 3.80. The molecule has 3 unspecified atom stereocenters. The third-order valence-electron chi connectivity index (χ3n) is 4.50. The molecule has 0 aromatic rings. The predicted octanol–water partition coefficient (Wildman–Crippen LogP) is 2.88. The monoisotopic (exact) mass is 238 g/mol. The van der Waals surface area contributed by atoms with Crippen molar-refractivity contribution in [2.45, 2.75) is 72.0 Å². The number of nitrogens with zero attached hydrogens (tertiary/aromatic N) is 1. The van der Waals surface area contributed by atoms with Crippen molar-refractivity contribution in [1.82, 2.24) is 10.2 Å². The van der Waals surface area contributed by atoms with E-state index in [1.165, 1.54) is 25.9 Å². The Morgan fingerprint density at radius 3 is 2.24 bits per heavy atom. The summed E-state index contributed by atoms with van der Waals surface area (Å²) in [7, 11) is 0. The van der Waals surface area contributed by atoms with Gasteiger partial charge in [-0.05, 0) is 51.5 Å². The molecule has 2 heterocycles. The van der Waals surface area contributed by atoms with E-state index >= 15 is 0 Å². The van der Waals surface area contributed by atoms with E-state index in [1.807, 2.05) is 0 Å². The van der Waals surface area contributed by atoms with Crippen molar-refractivity contribution < 1.29 is 0 Å². The van der Waals surface area contributed by atoms with Crippen molar-refractivity contribution in [3.63, 3.8) is 0 Å². The minimum atomic E-state index is 0.289. The number of rotatable bonds is 0. The van der Waals surface area contributed by atoms with Crippen LogP contribution in [0.3, 0.4) is 0 Å². The van der Waals surface area contributed by atoms with Crippen molar-refractivity contribution in [2.24, 2.45) is 11.3 Å². The summed E-state index contributed by atoms with van der Waals surface area (Å²) in [4.78, 5) is 2.75. The van der Waals surface area contributed by atoms with E-state index in [0.29, 0.717) is 17.5 Å². The summed E-state index contributed by atoms with van der Waals surface area (Å²) in [5.41, 5.74) is 0.647. The van der Waals surface area contributed by atoms with E-state index in [1.54, 1.807) is 0 Å². The fourth-order valence-corrected chi connectivity index (χ4v) is 3.81. The van der Waals surface area contributed by atoms with Gasteiger partial charge in [0.05, 0.1) is 0 Å². The molecule has 0 aromatic heterocycles. The van der Waals surface area contributed by atoms with E-state index < -0.39 is 0 Å². The molecule has 0 spiro atoms. The third-order valence-corrected chi connectivity index (χ3v) is 4.50. The Morgan fingerprint density at radius 1 is 1.06 bits per heavy atom. The molecule has 0 amide bonds. The van der Waals surface area contributed by atoms with E-state index in [4.69, 9.17) is 0 Å². The highest BCUT2D eigenvalue weighted by Gasteiger charge is 2.50. The molecule has 2 saturated heterocycles. The van der Waals surface area contributed by atoms with Crippen LogP contribution in [0.15, 0.2) is 0 Å². The zero-order valence-corrected chi connectivity index (χ0v) is 12.5. The average Bonchev–Trinajstić information content (AvgIpc) is 2.54. The van der Waals surface area contributed by atoms with Gasteiger partial charge in [0.25, 0.3) is 0 Å². The number of nitrogens with one attached hydrogen (secondary N) is 1. The van der Waals surface area contributed by atoms with Gasteiger partial charge in [0.2, 0.25) is 0 Å². The van der Waals surface area contributed by atoms with Gasteiger partial charge in [-0.2, -0.15) is 0 Å². The number of likely N-dealkylation sites (tertiary alicyclic amines) is 1. The molecule has 2 aliphatic rings. The molecule has 1 N–H and O–H groups in total. The average molecular weight is 238 g/mol. The SMILES string of the molecule is CC(C)(C)C1C2NCCCC2CN1C(C)(C)C. The highest BCUT2D eigenvalue weighted by atomic mass is 15.3. The van der Waals surface area contributed by atoms with E-state index in [2.05, 4.69) is 51.8 Å². The van der Waals surface area contributed by atoms with Crippen LogP contribution in [0.2, 0.25) is 0 Å². The van der Waals surface area contributed by atoms with Gasteiger partial charge in [0.15, 0.2) is 0 Å². The van der Waals surface area contributed by atoms with Gasteiger partial charge in [-0.15, -0.1) is 0 Å². The minimum Gasteiger partial charge on any atom is -0.312 e. The smallest absolute Gasteiger partial charge is 0.0306 e. The van der Waals surface area contributed by atoms with Gasteiger partial charge < -0.3 is 5.32 Å². The van der Waals surface area contributed by atoms with E-state index in [-0.39, 0.29) is 5.54 Å². The lowest BCUT2D eigenvalue weighted by Gasteiger charge is -2.45.